The number of halogens is 1. The van der Waals surface area contributed by atoms with E-state index >= 15 is 0 Å². The highest BCUT2D eigenvalue weighted by Crippen LogP contribution is 2.28. The van der Waals surface area contributed by atoms with E-state index in [9.17, 15) is 14.8 Å². The quantitative estimate of drug-likeness (QED) is 0.698. The number of carbonyl (C=O) groups is 2. The highest BCUT2D eigenvalue weighted by molar-refractivity contribution is 6.31. The third-order valence-electron chi connectivity index (χ3n) is 3.51. The Labute approximate surface area is 132 Å². The number of hydroxylamine groups is 1. The van der Waals surface area contributed by atoms with E-state index < -0.39 is 11.9 Å². The molecule has 2 aromatic rings. The second kappa shape index (κ2) is 5.79. The predicted molar refractivity (Wildman–Crippen MR) is 83.1 cm³/mol. The molecule has 0 radical (unpaired) electrons. The van der Waals surface area contributed by atoms with Crippen LogP contribution in [0.2, 0.25) is 5.02 Å². The van der Waals surface area contributed by atoms with Crippen molar-refractivity contribution in [2.45, 2.75) is 12.5 Å². The van der Waals surface area contributed by atoms with Gasteiger partial charge in [-0.25, -0.2) is 9.96 Å². The van der Waals surface area contributed by atoms with Crippen molar-refractivity contribution >= 4 is 34.8 Å². The molecule has 6 heteroatoms. The molecule has 1 aliphatic heterocycles. The molecule has 0 spiro atoms. The van der Waals surface area contributed by atoms with Crippen LogP contribution in [0.3, 0.4) is 0 Å². The van der Waals surface area contributed by atoms with E-state index in [1.165, 1.54) is 0 Å². The highest BCUT2D eigenvalue weighted by Gasteiger charge is 2.43. The molecule has 1 fully saturated rings. The predicted octanol–water partition coefficient (Wildman–Crippen LogP) is 2.87. The smallest absolute Gasteiger partial charge is 0.259 e. The Morgan fingerprint density at radius 3 is 2.50 bits per heavy atom. The molecule has 5 nitrogen and oxygen atoms in total. The number of benzene rings is 2. The zero-order valence-corrected chi connectivity index (χ0v) is 12.3. The molecular formula is C16H13ClN2O3. The van der Waals surface area contributed by atoms with E-state index in [2.05, 4.69) is 0 Å². The van der Waals surface area contributed by atoms with Crippen LogP contribution in [0.1, 0.15) is 6.42 Å². The zero-order chi connectivity index (χ0) is 15.7. The molecule has 0 unspecified atom stereocenters. The first kappa shape index (κ1) is 14.6. The number of rotatable bonds is 3. The summed E-state index contributed by atoms with van der Waals surface area (Å²) in [6, 6.07) is 14.2. The Kier molecular flexibility index (Phi) is 3.83. The summed E-state index contributed by atoms with van der Waals surface area (Å²) in [5.74, 6) is -0.842. The van der Waals surface area contributed by atoms with Crippen LogP contribution in [0.25, 0.3) is 0 Å². The standard InChI is InChI=1S/C16H13ClN2O3/c17-11-5-4-8-13(9-11)18-15(20)10-14(16(18)21)19(22)12-6-2-1-3-7-12/h1-9,14,22H,10H2/t14-/m0/s1. The van der Waals surface area contributed by atoms with Gasteiger partial charge in [0, 0.05) is 5.02 Å². The number of para-hydroxylation sites is 1. The largest absolute Gasteiger partial charge is 0.288 e. The molecule has 0 aromatic heterocycles. The Bertz CT molecular complexity index is 720. The maximum Gasteiger partial charge on any atom is 0.259 e. The van der Waals surface area contributed by atoms with Crippen molar-refractivity contribution in [1.82, 2.24) is 0 Å². The van der Waals surface area contributed by atoms with E-state index in [-0.39, 0.29) is 12.3 Å². The van der Waals surface area contributed by atoms with Crippen molar-refractivity contribution in [1.29, 1.82) is 0 Å². The molecule has 1 saturated heterocycles. The number of anilines is 2. The maximum absolute atomic E-state index is 12.5. The summed E-state index contributed by atoms with van der Waals surface area (Å²) in [7, 11) is 0. The van der Waals surface area contributed by atoms with Crippen LogP contribution in [0, 0.1) is 0 Å². The van der Waals surface area contributed by atoms with Gasteiger partial charge in [0.05, 0.1) is 17.8 Å². The summed E-state index contributed by atoms with van der Waals surface area (Å²) >= 11 is 5.90. The molecule has 0 saturated carbocycles. The van der Waals surface area contributed by atoms with Gasteiger partial charge in [0.25, 0.3) is 5.91 Å². The maximum atomic E-state index is 12.5. The molecule has 3 rings (SSSR count). The van der Waals surface area contributed by atoms with Gasteiger partial charge in [-0.3, -0.25) is 14.8 Å². The summed E-state index contributed by atoms with van der Waals surface area (Å²) < 4.78 is 0. The number of carbonyl (C=O) groups excluding carboxylic acids is 2. The van der Waals surface area contributed by atoms with Crippen molar-refractivity contribution in [3.63, 3.8) is 0 Å². The van der Waals surface area contributed by atoms with E-state index in [0.29, 0.717) is 16.4 Å². The lowest BCUT2D eigenvalue weighted by Gasteiger charge is -2.22. The molecule has 0 bridgehead atoms. The summed E-state index contributed by atoms with van der Waals surface area (Å²) in [4.78, 5) is 25.7. The van der Waals surface area contributed by atoms with Crippen molar-refractivity contribution < 1.29 is 14.8 Å². The van der Waals surface area contributed by atoms with Gasteiger partial charge in [0.2, 0.25) is 5.91 Å². The fraction of sp³-hybridized carbons (Fsp3) is 0.125. The van der Waals surface area contributed by atoms with Gasteiger partial charge in [0.1, 0.15) is 6.04 Å². The molecule has 0 aliphatic carbocycles. The minimum atomic E-state index is -0.936. The third kappa shape index (κ3) is 2.56. The number of amides is 2. The molecule has 112 valence electrons. The van der Waals surface area contributed by atoms with Crippen LogP contribution in [0.15, 0.2) is 54.6 Å². The van der Waals surface area contributed by atoms with E-state index in [0.717, 1.165) is 9.96 Å². The Hall–Kier alpha value is -2.37. The SMILES string of the molecule is O=C1C[C@H](N(O)c2ccccc2)C(=O)N1c1cccc(Cl)c1. The van der Waals surface area contributed by atoms with Gasteiger partial charge in [-0.05, 0) is 30.3 Å². The van der Waals surface area contributed by atoms with E-state index in [1.807, 2.05) is 0 Å². The minimum absolute atomic E-state index is 0.0866. The number of hydrogen-bond acceptors (Lipinski definition) is 4. The Morgan fingerprint density at radius 1 is 1.09 bits per heavy atom. The highest BCUT2D eigenvalue weighted by atomic mass is 35.5. The summed E-state index contributed by atoms with van der Waals surface area (Å²) in [6.45, 7) is 0. The van der Waals surface area contributed by atoms with E-state index in [4.69, 9.17) is 11.6 Å². The normalized spacial score (nSPS) is 17.9. The van der Waals surface area contributed by atoms with Crippen molar-refractivity contribution in [3.8, 4) is 0 Å². The first-order chi connectivity index (χ1) is 10.6. The molecular weight excluding hydrogens is 304 g/mol. The number of imide groups is 1. The van der Waals surface area contributed by atoms with Crippen molar-refractivity contribution in [2.75, 3.05) is 9.96 Å². The summed E-state index contributed by atoms with van der Waals surface area (Å²) in [5.41, 5.74) is 0.869. The molecule has 2 aromatic carbocycles. The first-order valence-electron chi connectivity index (χ1n) is 6.73. The van der Waals surface area contributed by atoms with Crippen LogP contribution in [-0.2, 0) is 9.59 Å². The summed E-state index contributed by atoms with van der Waals surface area (Å²) in [5, 5.41) is 11.5. The van der Waals surface area contributed by atoms with Crippen LogP contribution in [0.4, 0.5) is 11.4 Å². The van der Waals surface area contributed by atoms with Gasteiger partial charge in [-0.2, -0.15) is 0 Å². The average Bonchev–Trinajstić information content (AvgIpc) is 2.82. The first-order valence-corrected chi connectivity index (χ1v) is 7.11. The summed E-state index contributed by atoms with van der Waals surface area (Å²) in [6.07, 6.45) is -0.0866. The van der Waals surface area contributed by atoms with Crippen molar-refractivity contribution in [2.24, 2.45) is 0 Å². The fourth-order valence-electron chi connectivity index (χ4n) is 2.45. The number of hydrogen-bond donors (Lipinski definition) is 1. The number of nitrogens with zero attached hydrogens (tertiary/aromatic N) is 2. The van der Waals surface area contributed by atoms with Gasteiger partial charge >= 0.3 is 0 Å². The average molecular weight is 317 g/mol. The minimum Gasteiger partial charge on any atom is -0.288 e. The lowest BCUT2D eigenvalue weighted by atomic mass is 10.2. The van der Waals surface area contributed by atoms with E-state index in [1.54, 1.807) is 54.6 Å². The second-order valence-corrected chi connectivity index (χ2v) is 5.38. The van der Waals surface area contributed by atoms with Gasteiger partial charge in [-0.1, -0.05) is 35.9 Å². The van der Waals surface area contributed by atoms with Crippen molar-refractivity contribution in [3.05, 3.63) is 59.6 Å². The zero-order valence-electron chi connectivity index (χ0n) is 11.5. The van der Waals surface area contributed by atoms with Crippen LogP contribution < -0.4 is 9.96 Å². The second-order valence-electron chi connectivity index (χ2n) is 4.95. The third-order valence-corrected chi connectivity index (χ3v) is 3.74. The topological polar surface area (TPSA) is 60.9 Å². The van der Waals surface area contributed by atoms with Crippen LogP contribution in [-0.4, -0.2) is 23.1 Å². The molecule has 1 heterocycles. The molecule has 22 heavy (non-hydrogen) atoms. The van der Waals surface area contributed by atoms with Gasteiger partial charge in [0.15, 0.2) is 0 Å². The Morgan fingerprint density at radius 2 is 1.82 bits per heavy atom. The lowest BCUT2D eigenvalue weighted by Crippen LogP contribution is -2.40. The molecule has 1 N–H and O–H groups in total. The molecule has 1 atom stereocenters. The van der Waals surface area contributed by atoms with Gasteiger partial charge < -0.3 is 0 Å². The fourth-order valence-corrected chi connectivity index (χ4v) is 2.64. The Balaban J connectivity index is 1.89. The van der Waals surface area contributed by atoms with Crippen LogP contribution in [0.5, 0.6) is 0 Å². The molecule has 2 amide bonds. The monoisotopic (exact) mass is 316 g/mol. The lowest BCUT2D eigenvalue weighted by molar-refractivity contribution is -0.121. The van der Waals surface area contributed by atoms with Gasteiger partial charge in [-0.15, -0.1) is 0 Å². The molecule has 1 aliphatic rings. The van der Waals surface area contributed by atoms with Crippen LogP contribution >= 0.6 is 11.6 Å².